The minimum Gasteiger partial charge on any atom is -0.454 e. The van der Waals surface area contributed by atoms with Crippen molar-refractivity contribution in [2.75, 3.05) is 0 Å². The van der Waals surface area contributed by atoms with Gasteiger partial charge in [-0.3, -0.25) is 4.68 Å². The molecule has 1 saturated heterocycles. The maximum Gasteiger partial charge on any atom is 0.334 e. The highest BCUT2D eigenvalue weighted by Gasteiger charge is 2.30. The summed E-state index contributed by atoms with van der Waals surface area (Å²) in [5.74, 6) is -0.341. The molecule has 1 atom stereocenters. The Morgan fingerprint density at radius 1 is 1.50 bits per heavy atom. The summed E-state index contributed by atoms with van der Waals surface area (Å²) in [5, 5.41) is 4.78. The largest absolute Gasteiger partial charge is 0.454 e. The van der Waals surface area contributed by atoms with Gasteiger partial charge >= 0.3 is 5.97 Å². The Labute approximate surface area is 121 Å². The Bertz CT molecular complexity index is 690. The topological polar surface area (TPSA) is 44.1 Å². The number of hydrogen-bond donors (Lipinski definition) is 0. The Morgan fingerprint density at radius 2 is 2.30 bits per heavy atom. The zero-order valence-corrected chi connectivity index (χ0v) is 11.7. The Balaban J connectivity index is 2.07. The Kier molecular flexibility index (Phi) is 3.10. The number of carbonyl (C=O) groups is 1. The lowest BCUT2D eigenvalue weighted by molar-refractivity contribution is -0.139. The van der Waals surface area contributed by atoms with E-state index in [0.29, 0.717) is 17.0 Å². The molecular formula is C15H13ClN2O2. The SMILES string of the molecule is C=C1CC(c2cc(Cl)ccc2-c2cnn(C)c2)OC1=O. The lowest BCUT2D eigenvalue weighted by atomic mass is 9.96. The van der Waals surface area contributed by atoms with Gasteiger partial charge in [-0.2, -0.15) is 5.10 Å². The van der Waals surface area contributed by atoms with Crippen LogP contribution in [0.1, 0.15) is 18.1 Å². The van der Waals surface area contributed by atoms with Gasteiger partial charge in [-0.05, 0) is 17.7 Å². The molecule has 2 aromatic rings. The van der Waals surface area contributed by atoms with Crippen LogP contribution >= 0.6 is 11.6 Å². The number of esters is 1. The summed E-state index contributed by atoms with van der Waals surface area (Å²) in [6, 6.07) is 5.57. The molecule has 102 valence electrons. The minimum atomic E-state index is -0.341. The van der Waals surface area contributed by atoms with Gasteiger partial charge in [0.1, 0.15) is 6.10 Å². The number of cyclic esters (lactones) is 1. The number of nitrogens with zero attached hydrogens (tertiary/aromatic N) is 2. The van der Waals surface area contributed by atoms with Gasteiger partial charge in [-0.25, -0.2) is 4.79 Å². The van der Waals surface area contributed by atoms with Gasteiger partial charge in [-0.1, -0.05) is 24.2 Å². The fourth-order valence-electron chi connectivity index (χ4n) is 2.36. The molecule has 1 fully saturated rings. The molecule has 1 aromatic heterocycles. The number of benzene rings is 1. The average molecular weight is 289 g/mol. The first-order valence-corrected chi connectivity index (χ1v) is 6.59. The van der Waals surface area contributed by atoms with E-state index in [1.54, 1.807) is 10.9 Å². The zero-order valence-electron chi connectivity index (χ0n) is 11.0. The van der Waals surface area contributed by atoms with Crippen LogP contribution in [0.3, 0.4) is 0 Å². The molecule has 20 heavy (non-hydrogen) atoms. The van der Waals surface area contributed by atoms with Crippen LogP contribution in [0.2, 0.25) is 5.02 Å². The highest BCUT2D eigenvalue weighted by atomic mass is 35.5. The van der Waals surface area contributed by atoms with Crippen molar-refractivity contribution in [3.05, 3.63) is 53.3 Å². The predicted molar refractivity (Wildman–Crippen MR) is 76.2 cm³/mol. The molecule has 5 heteroatoms. The number of aromatic nitrogens is 2. The van der Waals surface area contributed by atoms with E-state index in [9.17, 15) is 4.79 Å². The highest BCUT2D eigenvalue weighted by molar-refractivity contribution is 6.30. The molecule has 0 N–H and O–H groups in total. The van der Waals surface area contributed by atoms with Crippen LogP contribution in [0.4, 0.5) is 0 Å². The molecular weight excluding hydrogens is 276 g/mol. The number of ether oxygens (including phenoxy) is 1. The van der Waals surface area contributed by atoms with Crippen LogP contribution in [0.25, 0.3) is 11.1 Å². The van der Waals surface area contributed by atoms with Crippen molar-refractivity contribution in [2.24, 2.45) is 7.05 Å². The number of aryl methyl sites for hydroxylation is 1. The predicted octanol–water partition coefficient (Wildman–Crippen LogP) is 3.28. The number of carbonyl (C=O) groups excluding carboxylic acids is 1. The highest BCUT2D eigenvalue weighted by Crippen LogP contribution is 2.38. The maximum absolute atomic E-state index is 11.5. The summed E-state index contributed by atoms with van der Waals surface area (Å²) in [4.78, 5) is 11.5. The monoisotopic (exact) mass is 288 g/mol. The summed E-state index contributed by atoms with van der Waals surface area (Å²) >= 11 is 6.08. The summed E-state index contributed by atoms with van der Waals surface area (Å²) in [5.41, 5.74) is 3.31. The summed E-state index contributed by atoms with van der Waals surface area (Å²) in [6.07, 6.45) is 3.85. The Morgan fingerprint density at radius 3 is 2.90 bits per heavy atom. The van der Waals surface area contributed by atoms with Crippen LogP contribution < -0.4 is 0 Å². The molecule has 1 aliphatic heterocycles. The molecule has 0 spiro atoms. The lowest BCUT2D eigenvalue weighted by Gasteiger charge is -2.14. The van der Waals surface area contributed by atoms with Gasteiger partial charge < -0.3 is 4.74 Å². The first-order chi connectivity index (χ1) is 9.54. The van der Waals surface area contributed by atoms with E-state index in [1.807, 2.05) is 31.4 Å². The third-order valence-corrected chi connectivity index (χ3v) is 3.58. The fourth-order valence-corrected chi connectivity index (χ4v) is 2.54. The van der Waals surface area contributed by atoms with Crippen molar-refractivity contribution in [1.82, 2.24) is 9.78 Å². The van der Waals surface area contributed by atoms with E-state index in [1.165, 1.54) is 0 Å². The summed E-state index contributed by atoms with van der Waals surface area (Å²) in [7, 11) is 1.86. The van der Waals surface area contributed by atoms with Crippen LogP contribution in [0.5, 0.6) is 0 Å². The maximum atomic E-state index is 11.5. The van der Waals surface area contributed by atoms with Crippen molar-refractivity contribution in [3.8, 4) is 11.1 Å². The lowest BCUT2D eigenvalue weighted by Crippen LogP contribution is -2.01. The van der Waals surface area contributed by atoms with Crippen molar-refractivity contribution >= 4 is 17.6 Å². The summed E-state index contributed by atoms with van der Waals surface area (Å²) in [6.45, 7) is 3.72. The van der Waals surface area contributed by atoms with Gasteiger partial charge in [0.2, 0.25) is 0 Å². The second-order valence-electron chi connectivity index (χ2n) is 4.84. The summed E-state index contributed by atoms with van der Waals surface area (Å²) < 4.78 is 7.09. The van der Waals surface area contributed by atoms with Crippen molar-refractivity contribution < 1.29 is 9.53 Å². The van der Waals surface area contributed by atoms with Crippen LogP contribution in [0.15, 0.2) is 42.7 Å². The smallest absolute Gasteiger partial charge is 0.334 e. The molecule has 0 radical (unpaired) electrons. The molecule has 2 heterocycles. The average Bonchev–Trinajstić information content (AvgIpc) is 2.97. The van der Waals surface area contributed by atoms with Gasteiger partial charge in [0.05, 0.1) is 6.20 Å². The van der Waals surface area contributed by atoms with E-state index in [2.05, 4.69) is 11.7 Å². The van der Waals surface area contributed by atoms with Crippen molar-refractivity contribution in [3.63, 3.8) is 0 Å². The molecule has 0 saturated carbocycles. The quantitative estimate of drug-likeness (QED) is 0.629. The van der Waals surface area contributed by atoms with E-state index < -0.39 is 0 Å². The van der Waals surface area contributed by atoms with Crippen LogP contribution in [-0.4, -0.2) is 15.7 Å². The fraction of sp³-hybridized carbons (Fsp3) is 0.200. The van der Waals surface area contributed by atoms with Crippen molar-refractivity contribution in [1.29, 1.82) is 0 Å². The third kappa shape index (κ3) is 2.23. The number of halogens is 1. The Hall–Kier alpha value is -2.07. The second-order valence-corrected chi connectivity index (χ2v) is 5.27. The second kappa shape index (κ2) is 4.80. The minimum absolute atomic E-state index is 0.330. The molecule has 1 aliphatic rings. The molecule has 0 aliphatic carbocycles. The van der Waals surface area contributed by atoms with Gasteiger partial charge in [0, 0.05) is 41.4 Å². The molecule has 1 aromatic carbocycles. The number of rotatable bonds is 2. The molecule has 1 unspecified atom stereocenters. The van der Waals surface area contributed by atoms with Gasteiger partial charge in [-0.15, -0.1) is 0 Å². The van der Waals surface area contributed by atoms with E-state index in [0.717, 1.165) is 16.7 Å². The molecule has 3 rings (SSSR count). The van der Waals surface area contributed by atoms with E-state index >= 15 is 0 Å². The van der Waals surface area contributed by atoms with E-state index in [4.69, 9.17) is 16.3 Å². The first-order valence-electron chi connectivity index (χ1n) is 6.22. The standard InChI is InChI=1S/C15H13ClN2O2/c1-9-5-14(20-15(9)19)13-6-11(16)3-4-12(13)10-7-17-18(2)8-10/h3-4,6-8,14H,1,5H2,2H3. The van der Waals surface area contributed by atoms with Crippen LogP contribution in [-0.2, 0) is 16.6 Å². The molecule has 0 bridgehead atoms. The van der Waals surface area contributed by atoms with Gasteiger partial charge in [0.15, 0.2) is 0 Å². The zero-order chi connectivity index (χ0) is 14.3. The molecule has 4 nitrogen and oxygen atoms in total. The van der Waals surface area contributed by atoms with Gasteiger partial charge in [0.25, 0.3) is 0 Å². The van der Waals surface area contributed by atoms with E-state index in [-0.39, 0.29) is 12.1 Å². The first kappa shape index (κ1) is 12.9. The number of hydrogen-bond acceptors (Lipinski definition) is 3. The third-order valence-electron chi connectivity index (χ3n) is 3.35. The molecule has 0 amide bonds. The normalized spacial score (nSPS) is 18.4. The van der Waals surface area contributed by atoms with Crippen LogP contribution in [0, 0.1) is 0 Å². The van der Waals surface area contributed by atoms with Crippen molar-refractivity contribution in [2.45, 2.75) is 12.5 Å².